The van der Waals surface area contributed by atoms with Gasteiger partial charge >= 0.3 is 0 Å². The summed E-state index contributed by atoms with van der Waals surface area (Å²) in [6, 6.07) is 14.8. The maximum Gasteiger partial charge on any atom is 0.280 e. The first-order valence-corrected chi connectivity index (χ1v) is 8.44. The quantitative estimate of drug-likeness (QED) is 0.557. The summed E-state index contributed by atoms with van der Waals surface area (Å²) in [6.07, 6.45) is 2.49. The molecular formula is C20H17N3O4. The van der Waals surface area contributed by atoms with E-state index in [1.54, 1.807) is 31.3 Å². The van der Waals surface area contributed by atoms with E-state index in [9.17, 15) is 4.79 Å². The molecule has 1 N–H and O–H groups in total. The summed E-state index contributed by atoms with van der Waals surface area (Å²) in [6.45, 7) is 1.87. The summed E-state index contributed by atoms with van der Waals surface area (Å²) in [5.41, 5.74) is 3.98. The van der Waals surface area contributed by atoms with Crippen molar-refractivity contribution >= 4 is 23.0 Å². The van der Waals surface area contributed by atoms with Gasteiger partial charge in [0.1, 0.15) is 11.3 Å². The van der Waals surface area contributed by atoms with E-state index in [-0.39, 0.29) is 12.7 Å². The molecule has 1 aromatic heterocycles. The Balaban J connectivity index is 1.39. The molecule has 0 radical (unpaired) electrons. The van der Waals surface area contributed by atoms with Gasteiger partial charge in [0.2, 0.25) is 6.79 Å². The van der Waals surface area contributed by atoms with Crippen LogP contribution in [0.1, 0.15) is 12.5 Å². The third-order valence-electron chi connectivity index (χ3n) is 4.05. The summed E-state index contributed by atoms with van der Waals surface area (Å²) in [4.78, 5) is 16.6. The number of fused-ring (bicyclic) bond motifs is 2. The van der Waals surface area contributed by atoms with Crippen molar-refractivity contribution in [3.05, 3.63) is 60.3 Å². The topological polar surface area (TPSA) is 82.0 Å². The minimum Gasteiger partial charge on any atom is -0.479 e. The zero-order valence-corrected chi connectivity index (χ0v) is 14.6. The van der Waals surface area contributed by atoms with E-state index in [0.717, 1.165) is 10.9 Å². The Kier molecular flexibility index (Phi) is 4.57. The van der Waals surface area contributed by atoms with Crippen LogP contribution >= 0.6 is 0 Å². The van der Waals surface area contributed by atoms with Crippen molar-refractivity contribution in [3.63, 3.8) is 0 Å². The molecule has 0 aliphatic carbocycles. The molecule has 0 bridgehead atoms. The molecule has 1 aliphatic heterocycles. The van der Waals surface area contributed by atoms with Gasteiger partial charge in [-0.25, -0.2) is 5.43 Å². The Bertz CT molecular complexity index is 1010. The number of hydrazone groups is 1. The van der Waals surface area contributed by atoms with Crippen LogP contribution in [0.2, 0.25) is 0 Å². The predicted octanol–water partition coefficient (Wildman–Crippen LogP) is 2.88. The maximum atomic E-state index is 12.2. The average molecular weight is 363 g/mol. The molecule has 7 heteroatoms. The zero-order valence-electron chi connectivity index (χ0n) is 14.6. The molecule has 0 fully saturated rings. The SMILES string of the molecule is CC(Oc1cccc2cccnc12)C(=O)NN=Cc1ccc2c(c1)OCO2. The first-order chi connectivity index (χ1) is 13.2. The van der Waals surface area contributed by atoms with Gasteiger partial charge in [0.05, 0.1) is 6.21 Å². The lowest BCUT2D eigenvalue weighted by Crippen LogP contribution is -2.33. The molecule has 1 aliphatic rings. The van der Waals surface area contributed by atoms with Crippen LogP contribution in [0, 0.1) is 0 Å². The molecule has 2 aromatic carbocycles. The van der Waals surface area contributed by atoms with Gasteiger partial charge in [-0.3, -0.25) is 9.78 Å². The molecule has 3 aromatic rings. The first-order valence-electron chi connectivity index (χ1n) is 8.44. The standard InChI is InChI=1S/C20H17N3O4/c1-13(27-17-6-2-4-15-5-3-9-21-19(15)17)20(24)23-22-11-14-7-8-16-18(10-14)26-12-25-16/h2-11,13H,12H2,1H3,(H,23,24). The minimum absolute atomic E-state index is 0.213. The smallest absolute Gasteiger partial charge is 0.280 e. The Morgan fingerprint density at radius 1 is 1.22 bits per heavy atom. The molecule has 1 atom stereocenters. The Labute approximate surface area is 155 Å². The van der Waals surface area contributed by atoms with Crippen LogP contribution in [0.15, 0.2) is 59.8 Å². The number of hydrogen-bond acceptors (Lipinski definition) is 6. The second-order valence-corrected chi connectivity index (χ2v) is 5.94. The highest BCUT2D eigenvalue weighted by molar-refractivity contribution is 5.87. The van der Waals surface area contributed by atoms with Gasteiger partial charge in [-0.15, -0.1) is 0 Å². The van der Waals surface area contributed by atoms with E-state index in [1.165, 1.54) is 6.21 Å². The van der Waals surface area contributed by atoms with Crippen LogP contribution in [0.25, 0.3) is 10.9 Å². The van der Waals surface area contributed by atoms with E-state index >= 15 is 0 Å². The number of carbonyl (C=O) groups excluding carboxylic acids is 1. The van der Waals surface area contributed by atoms with Gasteiger partial charge in [-0.1, -0.05) is 18.2 Å². The van der Waals surface area contributed by atoms with E-state index in [0.29, 0.717) is 22.8 Å². The third kappa shape index (κ3) is 3.67. The number of carbonyl (C=O) groups is 1. The molecule has 4 rings (SSSR count). The zero-order chi connectivity index (χ0) is 18.6. The van der Waals surface area contributed by atoms with Crippen LogP contribution < -0.4 is 19.6 Å². The largest absolute Gasteiger partial charge is 0.479 e. The highest BCUT2D eigenvalue weighted by Gasteiger charge is 2.16. The van der Waals surface area contributed by atoms with Crippen LogP contribution in [0.5, 0.6) is 17.2 Å². The second-order valence-electron chi connectivity index (χ2n) is 5.94. The number of amides is 1. The Morgan fingerprint density at radius 3 is 3.00 bits per heavy atom. The van der Waals surface area contributed by atoms with Gasteiger partial charge in [-0.05, 0) is 42.8 Å². The van der Waals surface area contributed by atoms with Crippen molar-refractivity contribution in [3.8, 4) is 17.2 Å². The number of benzene rings is 2. The van der Waals surface area contributed by atoms with Crippen molar-refractivity contribution in [2.45, 2.75) is 13.0 Å². The number of nitrogens with one attached hydrogen (secondary N) is 1. The fourth-order valence-electron chi connectivity index (χ4n) is 2.67. The minimum atomic E-state index is -0.730. The number of nitrogens with zero attached hydrogens (tertiary/aromatic N) is 2. The van der Waals surface area contributed by atoms with Crippen molar-refractivity contribution in [2.75, 3.05) is 6.79 Å². The van der Waals surface area contributed by atoms with Crippen LogP contribution in [0.3, 0.4) is 0 Å². The van der Waals surface area contributed by atoms with Crippen LogP contribution in [-0.2, 0) is 4.79 Å². The van der Waals surface area contributed by atoms with E-state index in [4.69, 9.17) is 14.2 Å². The number of para-hydroxylation sites is 1. The fourth-order valence-corrected chi connectivity index (χ4v) is 2.67. The lowest BCUT2D eigenvalue weighted by Gasteiger charge is -2.14. The van der Waals surface area contributed by atoms with Crippen molar-refractivity contribution in [2.24, 2.45) is 5.10 Å². The van der Waals surface area contributed by atoms with Gasteiger partial charge in [-0.2, -0.15) is 5.10 Å². The van der Waals surface area contributed by atoms with Gasteiger partial charge in [0.25, 0.3) is 5.91 Å². The average Bonchev–Trinajstić information content (AvgIpc) is 3.16. The number of aromatic nitrogens is 1. The lowest BCUT2D eigenvalue weighted by atomic mass is 10.2. The molecule has 1 unspecified atom stereocenters. The Hall–Kier alpha value is -3.61. The summed E-state index contributed by atoms with van der Waals surface area (Å²) >= 11 is 0. The van der Waals surface area contributed by atoms with Gasteiger partial charge in [0.15, 0.2) is 17.6 Å². The molecular weight excluding hydrogens is 346 g/mol. The molecule has 136 valence electrons. The molecule has 7 nitrogen and oxygen atoms in total. The summed E-state index contributed by atoms with van der Waals surface area (Å²) in [7, 11) is 0. The molecule has 0 spiro atoms. The molecule has 0 saturated heterocycles. The number of hydrogen-bond donors (Lipinski definition) is 1. The highest BCUT2D eigenvalue weighted by Crippen LogP contribution is 2.32. The van der Waals surface area contributed by atoms with E-state index < -0.39 is 6.10 Å². The van der Waals surface area contributed by atoms with Crippen LogP contribution in [-0.4, -0.2) is 30.0 Å². The molecule has 2 heterocycles. The maximum absolute atomic E-state index is 12.2. The fraction of sp³-hybridized carbons (Fsp3) is 0.150. The molecule has 0 saturated carbocycles. The summed E-state index contributed by atoms with van der Waals surface area (Å²) in [5.74, 6) is 1.54. The molecule has 1 amide bonds. The first kappa shape index (κ1) is 16.8. The number of rotatable bonds is 5. The third-order valence-corrected chi connectivity index (χ3v) is 4.05. The summed E-state index contributed by atoms with van der Waals surface area (Å²) in [5, 5.41) is 4.92. The molecule has 27 heavy (non-hydrogen) atoms. The van der Waals surface area contributed by atoms with Crippen molar-refractivity contribution < 1.29 is 19.0 Å². The van der Waals surface area contributed by atoms with Crippen LogP contribution in [0.4, 0.5) is 0 Å². The number of pyridine rings is 1. The lowest BCUT2D eigenvalue weighted by molar-refractivity contribution is -0.127. The normalized spacial score (nSPS) is 13.7. The van der Waals surface area contributed by atoms with E-state index in [1.807, 2.05) is 30.3 Å². The van der Waals surface area contributed by atoms with Crippen molar-refractivity contribution in [1.82, 2.24) is 10.4 Å². The van der Waals surface area contributed by atoms with Gasteiger partial charge in [0, 0.05) is 11.6 Å². The Morgan fingerprint density at radius 2 is 2.07 bits per heavy atom. The summed E-state index contributed by atoms with van der Waals surface area (Å²) < 4.78 is 16.3. The highest BCUT2D eigenvalue weighted by atomic mass is 16.7. The second kappa shape index (κ2) is 7.33. The van der Waals surface area contributed by atoms with Gasteiger partial charge < -0.3 is 14.2 Å². The monoisotopic (exact) mass is 363 g/mol. The van der Waals surface area contributed by atoms with Crippen molar-refractivity contribution in [1.29, 1.82) is 0 Å². The predicted molar refractivity (Wildman–Crippen MR) is 100 cm³/mol. The van der Waals surface area contributed by atoms with E-state index in [2.05, 4.69) is 15.5 Å². The number of ether oxygens (including phenoxy) is 3.